The van der Waals surface area contributed by atoms with E-state index in [-0.39, 0.29) is 5.41 Å². The topological polar surface area (TPSA) is 16.4 Å². The van der Waals surface area contributed by atoms with Gasteiger partial charge in [0.15, 0.2) is 0 Å². The zero-order valence-corrected chi connectivity index (χ0v) is 22.0. The monoisotopic (exact) mass is 501 g/mol. The molecule has 7 aromatic rings. The molecule has 1 aliphatic rings. The first-order chi connectivity index (χ1) is 19.1. The number of furan rings is 1. The zero-order valence-electron chi connectivity index (χ0n) is 22.0. The van der Waals surface area contributed by atoms with Crippen LogP contribution in [0.15, 0.2) is 132 Å². The van der Waals surface area contributed by atoms with E-state index in [1.807, 2.05) is 6.07 Å². The van der Waals surface area contributed by atoms with Gasteiger partial charge in [-0.25, -0.2) is 0 Å². The van der Waals surface area contributed by atoms with Crippen molar-refractivity contribution in [1.82, 2.24) is 0 Å². The first-order valence-corrected chi connectivity index (χ1v) is 13.5. The van der Waals surface area contributed by atoms with Crippen molar-refractivity contribution in [3.8, 4) is 11.1 Å². The smallest absolute Gasteiger partial charge is 0.143 e. The Hall–Kier alpha value is -4.82. The fourth-order valence-electron chi connectivity index (χ4n) is 6.47. The van der Waals surface area contributed by atoms with Crippen molar-refractivity contribution in [2.75, 3.05) is 4.90 Å². The van der Waals surface area contributed by atoms with E-state index in [1.54, 1.807) is 0 Å². The number of hydrogen-bond acceptors (Lipinski definition) is 2. The lowest BCUT2D eigenvalue weighted by Gasteiger charge is -2.28. The second kappa shape index (κ2) is 8.09. The predicted octanol–water partition coefficient (Wildman–Crippen LogP) is 10.5. The molecule has 0 saturated carbocycles. The molecule has 1 heterocycles. The molecule has 0 N–H and O–H groups in total. The Morgan fingerprint density at radius 1 is 0.538 bits per heavy atom. The van der Waals surface area contributed by atoms with Gasteiger partial charge in [-0.3, -0.25) is 0 Å². The van der Waals surface area contributed by atoms with Crippen molar-refractivity contribution in [2.24, 2.45) is 0 Å². The van der Waals surface area contributed by atoms with Crippen LogP contribution < -0.4 is 4.90 Å². The lowest BCUT2D eigenvalue weighted by molar-refractivity contribution is 0.653. The van der Waals surface area contributed by atoms with Crippen molar-refractivity contribution in [3.63, 3.8) is 0 Å². The van der Waals surface area contributed by atoms with Gasteiger partial charge in [0.05, 0.1) is 0 Å². The molecule has 0 unspecified atom stereocenters. The summed E-state index contributed by atoms with van der Waals surface area (Å²) in [7, 11) is 0. The molecule has 1 aromatic heterocycles. The third-order valence-corrected chi connectivity index (χ3v) is 8.43. The van der Waals surface area contributed by atoms with E-state index in [2.05, 4.69) is 140 Å². The summed E-state index contributed by atoms with van der Waals surface area (Å²) < 4.78 is 6.49. The Morgan fingerprint density at radius 2 is 1.26 bits per heavy atom. The van der Waals surface area contributed by atoms with Gasteiger partial charge in [0, 0.05) is 38.8 Å². The maximum Gasteiger partial charge on any atom is 0.143 e. The lowest BCUT2D eigenvalue weighted by atomic mass is 9.82. The van der Waals surface area contributed by atoms with Crippen LogP contribution in [-0.2, 0) is 5.41 Å². The summed E-state index contributed by atoms with van der Waals surface area (Å²) >= 11 is 0. The Kier molecular flexibility index (Phi) is 4.60. The summed E-state index contributed by atoms with van der Waals surface area (Å²) in [6.07, 6.45) is 0. The highest BCUT2D eigenvalue weighted by atomic mass is 16.3. The van der Waals surface area contributed by atoms with Crippen LogP contribution in [0.5, 0.6) is 0 Å². The van der Waals surface area contributed by atoms with Crippen molar-refractivity contribution in [1.29, 1.82) is 0 Å². The second-order valence-corrected chi connectivity index (χ2v) is 11.0. The molecule has 0 bridgehead atoms. The molecule has 0 saturated heterocycles. The van der Waals surface area contributed by atoms with E-state index in [0.29, 0.717) is 0 Å². The second-order valence-electron chi connectivity index (χ2n) is 11.0. The maximum absolute atomic E-state index is 6.49. The zero-order chi connectivity index (χ0) is 26.1. The van der Waals surface area contributed by atoms with E-state index in [4.69, 9.17) is 4.42 Å². The van der Waals surface area contributed by atoms with E-state index in [1.165, 1.54) is 43.8 Å². The van der Waals surface area contributed by atoms with Crippen LogP contribution in [0.3, 0.4) is 0 Å². The molecular weight excluding hydrogens is 474 g/mol. The Balaban J connectivity index is 1.35. The Bertz CT molecular complexity index is 2050. The van der Waals surface area contributed by atoms with Gasteiger partial charge in [-0.15, -0.1) is 0 Å². The van der Waals surface area contributed by atoms with E-state index in [9.17, 15) is 0 Å². The number of fused-ring (bicyclic) bond motifs is 8. The average Bonchev–Trinajstić information content (AvgIpc) is 3.46. The largest absolute Gasteiger partial charge is 0.455 e. The molecule has 0 radical (unpaired) electrons. The van der Waals surface area contributed by atoms with Crippen molar-refractivity contribution < 1.29 is 4.42 Å². The molecule has 0 aliphatic heterocycles. The van der Waals surface area contributed by atoms with Gasteiger partial charge >= 0.3 is 0 Å². The van der Waals surface area contributed by atoms with Crippen LogP contribution in [-0.4, -0.2) is 0 Å². The molecule has 8 rings (SSSR count). The Labute approximate surface area is 227 Å². The van der Waals surface area contributed by atoms with Crippen molar-refractivity contribution in [3.05, 3.63) is 139 Å². The van der Waals surface area contributed by atoms with Gasteiger partial charge in [0.25, 0.3) is 0 Å². The van der Waals surface area contributed by atoms with Crippen LogP contribution >= 0.6 is 0 Å². The molecule has 186 valence electrons. The summed E-state index contributed by atoms with van der Waals surface area (Å²) in [5.74, 6) is 0. The normalized spacial score (nSPS) is 13.6. The van der Waals surface area contributed by atoms with E-state index < -0.39 is 0 Å². The average molecular weight is 502 g/mol. The maximum atomic E-state index is 6.49. The quantitative estimate of drug-likeness (QED) is 0.239. The summed E-state index contributed by atoms with van der Waals surface area (Å²) in [5, 5.41) is 4.83. The van der Waals surface area contributed by atoms with Crippen molar-refractivity contribution >= 4 is 49.8 Å². The minimum atomic E-state index is -0.153. The van der Waals surface area contributed by atoms with Gasteiger partial charge in [-0.1, -0.05) is 98.8 Å². The molecule has 6 aromatic carbocycles. The van der Waals surface area contributed by atoms with Gasteiger partial charge in [0.1, 0.15) is 11.2 Å². The minimum Gasteiger partial charge on any atom is -0.455 e. The highest BCUT2D eigenvalue weighted by Crippen LogP contribution is 2.54. The molecule has 2 nitrogen and oxygen atoms in total. The number of hydrogen-bond donors (Lipinski definition) is 0. The van der Waals surface area contributed by atoms with Gasteiger partial charge in [0.2, 0.25) is 0 Å². The molecule has 39 heavy (non-hydrogen) atoms. The number of para-hydroxylation sites is 2. The molecule has 0 spiro atoms. The Morgan fingerprint density at radius 3 is 2.13 bits per heavy atom. The molecule has 0 fully saturated rings. The fourth-order valence-corrected chi connectivity index (χ4v) is 6.47. The van der Waals surface area contributed by atoms with Gasteiger partial charge < -0.3 is 9.32 Å². The van der Waals surface area contributed by atoms with Crippen molar-refractivity contribution in [2.45, 2.75) is 19.3 Å². The molecule has 0 amide bonds. The SMILES string of the molecule is CC1(C)c2cc(N(c3ccccc3)c3ccc4ccccc4c3)ccc2-c2c1ccc1c2oc2ccccc21. The number of rotatable bonds is 3. The first-order valence-electron chi connectivity index (χ1n) is 13.5. The molecule has 1 aliphatic carbocycles. The molecule has 0 atom stereocenters. The van der Waals surface area contributed by atoms with Gasteiger partial charge in [-0.2, -0.15) is 0 Å². The minimum absolute atomic E-state index is 0.153. The van der Waals surface area contributed by atoms with Gasteiger partial charge in [-0.05, 0) is 69.9 Å². The van der Waals surface area contributed by atoms with Crippen LogP contribution in [0, 0.1) is 0 Å². The van der Waals surface area contributed by atoms with Crippen LogP contribution in [0.4, 0.5) is 17.1 Å². The number of nitrogens with zero attached hydrogens (tertiary/aromatic N) is 1. The number of benzene rings is 6. The fraction of sp³-hybridized carbons (Fsp3) is 0.0811. The van der Waals surface area contributed by atoms with Crippen LogP contribution in [0.2, 0.25) is 0 Å². The first kappa shape index (κ1) is 22.2. The molecular formula is C37H27NO. The van der Waals surface area contributed by atoms with E-state index >= 15 is 0 Å². The van der Waals surface area contributed by atoms with Crippen LogP contribution in [0.1, 0.15) is 25.0 Å². The third-order valence-electron chi connectivity index (χ3n) is 8.43. The summed E-state index contributed by atoms with van der Waals surface area (Å²) in [5.41, 5.74) is 10.3. The lowest BCUT2D eigenvalue weighted by Crippen LogP contribution is -2.16. The summed E-state index contributed by atoms with van der Waals surface area (Å²) in [4.78, 5) is 2.36. The van der Waals surface area contributed by atoms with E-state index in [0.717, 1.165) is 28.2 Å². The predicted molar refractivity (Wildman–Crippen MR) is 163 cm³/mol. The highest BCUT2D eigenvalue weighted by molar-refractivity contribution is 6.12. The molecule has 2 heteroatoms. The number of anilines is 3. The summed E-state index contributed by atoms with van der Waals surface area (Å²) in [6, 6.07) is 45.7. The van der Waals surface area contributed by atoms with Crippen LogP contribution in [0.25, 0.3) is 43.8 Å². The summed E-state index contributed by atoms with van der Waals surface area (Å²) in [6.45, 7) is 4.66. The highest BCUT2D eigenvalue weighted by Gasteiger charge is 2.38. The third kappa shape index (κ3) is 3.21. The standard InChI is InChI=1S/C37H27NO/c1-37(2)32-21-20-30-29-14-8-9-15-34(29)39-36(30)35(32)31-19-18-28(23-33(31)37)38(26-12-4-3-5-13-26)27-17-16-24-10-6-7-11-25(24)22-27/h3-23H,1-2H3.